The number of esters is 1. The van der Waals surface area contributed by atoms with E-state index in [2.05, 4.69) is 4.74 Å². The van der Waals surface area contributed by atoms with E-state index < -0.39 is 12.0 Å². The maximum absolute atomic E-state index is 11.3. The van der Waals surface area contributed by atoms with Crippen LogP contribution in [0.2, 0.25) is 0 Å². The second-order valence-corrected chi connectivity index (χ2v) is 3.27. The number of methoxy groups -OCH3 is 1. The number of amides is 1. The van der Waals surface area contributed by atoms with Crippen molar-refractivity contribution in [3.63, 3.8) is 0 Å². The van der Waals surface area contributed by atoms with Gasteiger partial charge < -0.3 is 9.47 Å². The van der Waals surface area contributed by atoms with Crippen molar-refractivity contribution in [2.45, 2.75) is 31.7 Å². The van der Waals surface area contributed by atoms with E-state index in [-0.39, 0.29) is 18.2 Å². The number of carbonyl (C=O) groups excluding carboxylic acids is 2. The first-order chi connectivity index (χ1) is 6.15. The third-order valence-electron chi connectivity index (χ3n) is 2.51. The quantitative estimate of drug-likeness (QED) is 0.408. The average Bonchev–Trinajstić information content (AvgIpc) is 2.36. The molecule has 2 aliphatic rings. The lowest BCUT2D eigenvalue weighted by Gasteiger charge is -2.34. The molecule has 2 fully saturated rings. The third-order valence-corrected chi connectivity index (χ3v) is 2.51. The minimum atomic E-state index is -0.545. The number of hydrogen-bond donors (Lipinski definition) is 0. The molecule has 3 unspecified atom stereocenters. The van der Waals surface area contributed by atoms with E-state index in [0.717, 1.165) is 0 Å². The molecule has 3 atom stereocenters. The summed E-state index contributed by atoms with van der Waals surface area (Å²) in [7, 11) is 1.31. The van der Waals surface area contributed by atoms with Crippen molar-refractivity contribution in [3.05, 3.63) is 0 Å². The summed E-state index contributed by atoms with van der Waals surface area (Å²) in [4.78, 5) is 23.8. The average molecular weight is 185 g/mol. The van der Waals surface area contributed by atoms with Gasteiger partial charge in [-0.3, -0.25) is 9.69 Å². The highest BCUT2D eigenvalue weighted by Gasteiger charge is 2.54. The fourth-order valence-corrected chi connectivity index (χ4v) is 1.82. The van der Waals surface area contributed by atoms with Crippen LogP contribution in [0.15, 0.2) is 0 Å². The summed E-state index contributed by atoms with van der Waals surface area (Å²) in [5, 5.41) is 0. The Bertz CT molecular complexity index is 265. The lowest BCUT2D eigenvalue weighted by molar-refractivity contribution is -0.164. The first kappa shape index (κ1) is 8.50. The smallest absolute Gasteiger partial charge is 0.331 e. The van der Waals surface area contributed by atoms with E-state index in [1.165, 1.54) is 12.0 Å². The molecular formula is C8H11NO4. The first-order valence-corrected chi connectivity index (χ1v) is 4.19. The minimum Gasteiger partial charge on any atom is -0.467 e. The normalized spacial score (nSPS) is 36.9. The molecule has 72 valence electrons. The molecule has 0 radical (unpaired) electrons. The van der Waals surface area contributed by atoms with Crippen molar-refractivity contribution in [2.24, 2.45) is 0 Å². The maximum Gasteiger partial charge on any atom is 0.331 e. The van der Waals surface area contributed by atoms with Gasteiger partial charge in [-0.25, -0.2) is 4.79 Å². The summed E-state index contributed by atoms with van der Waals surface area (Å²) in [6.45, 7) is 1.77. The van der Waals surface area contributed by atoms with Crippen LogP contribution in [0.25, 0.3) is 0 Å². The molecule has 5 heteroatoms. The summed E-state index contributed by atoms with van der Waals surface area (Å²) < 4.78 is 9.96. The summed E-state index contributed by atoms with van der Waals surface area (Å²) in [5.41, 5.74) is 0. The topological polar surface area (TPSA) is 55.8 Å². The molecule has 2 heterocycles. The van der Waals surface area contributed by atoms with Gasteiger partial charge in [0.05, 0.1) is 19.6 Å². The van der Waals surface area contributed by atoms with Gasteiger partial charge in [-0.05, 0) is 6.92 Å². The molecule has 0 aliphatic carbocycles. The minimum absolute atomic E-state index is 0.0373. The standard InChI is InChI=1S/C8H11NO4/c1-4-7(8(11)12-2)9-5(10)3-6(9)13-4/h4,6-7H,3H2,1-2H3. The molecule has 2 saturated heterocycles. The molecule has 0 N–H and O–H groups in total. The number of hydrogen-bond acceptors (Lipinski definition) is 4. The zero-order valence-corrected chi connectivity index (χ0v) is 7.52. The van der Waals surface area contributed by atoms with E-state index in [1.54, 1.807) is 6.92 Å². The molecule has 0 saturated carbocycles. The lowest BCUT2D eigenvalue weighted by Crippen LogP contribution is -2.55. The number of rotatable bonds is 1. The highest BCUT2D eigenvalue weighted by molar-refractivity contribution is 5.90. The molecule has 0 aromatic carbocycles. The van der Waals surface area contributed by atoms with Gasteiger partial charge in [0.15, 0.2) is 6.04 Å². The van der Waals surface area contributed by atoms with Crippen LogP contribution in [0.4, 0.5) is 0 Å². The molecule has 5 nitrogen and oxygen atoms in total. The zero-order valence-electron chi connectivity index (χ0n) is 7.52. The Morgan fingerprint density at radius 2 is 2.38 bits per heavy atom. The highest BCUT2D eigenvalue weighted by Crippen LogP contribution is 2.34. The number of carbonyl (C=O) groups is 2. The number of fused-ring (bicyclic) bond motifs is 1. The van der Waals surface area contributed by atoms with Crippen LogP contribution in [0, 0.1) is 0 Å². The molecule has 0 aromatic heterocycles. The van der Waals surface area contributed by atoms with E-state index in [1.807, 2.05) is 0 Å². The molecule has 1 amide bonds. The van der Waals surface area contributed by atoms with Crippen LogP contribution in [-0.4, -0.2) is 42.3 Å². The van der Waals surface area contributed by atoms with Gasteiger partial charge >= 0.3 is 5.97 Å². The van der Waals surface area contributed by atoms with Crippen molar-refractivity contribution < 1.29 is 19.1 Å². The van der Waals surface area contributed by atoms with Crippen LogP contribution in [-0.2, 0) is 19.1 Å². The van der Waals surface area contributed by atoms with E-state index in [9.17, 15) is 9.59 Å². The van der Waals surface area contributed by atoms with Crippen LogP contribution in [0.3, 0.4) is 0 Å². The van der Waals surface area contributed by atoms with Crippen molar-refractivity contribution >= 4 is 11.9 Å². The first-order valence-electron chi connectivity index (χ1n) is 4.19. The van der Waals surface area contributed by atoms with Gasteiger partial charge in [0.2, 0.25) is 5.91 Å². The van der Waals surface area contributed by atoms with Gasteiger partial charge in [0.1, 0.15) is 6.23 Å². The second kappa shape index (κ2) is 2.70. The Morgan fingerprint density at radius 1 is 1.69 bits per heavy atom. The Labute approximate surface area is 75.6 Å². The van der Waals surface area contributed by atoms with Crippen molar-refractivity contribution in [2.75, 3.05) is 7.11 Å². The predicted molar refractivity (Wildman–Crippen MR) is 41.6 cm³/mol. The number of ether oxygens (including phenoxy) is 2. The summed E-state index contributed by atoms with van der Waals surface area (Å²) >= 11 is 0. The Kier molecular flexibility index (Phi) is 1.76. The van der Waals surface area contributed by atoms with Crippen molar-refractivity contribution in [1.29, 1.82) is 0 Å². The Morgan fingerprint density at radius 3 is 2.92 bits per heavy atom. The summed E-state index contributed by atoms with van der Waals surface area (Å²) in [5.74, 6) is -0.437. The van der Waals surface area contributed by atoms with Gasteiger partial charge in [-0.15, -0.1) is 0 Å². The van der Waals surface area contributed by atoms with Crippen LogP contribution in [0.5, 0.6) is 0 Å². The zero-order chi connectivity index (χ0) is 9.59. The van der Waals surface area contributed by atoms with E-state index in [4.69, 9.17) is 4.74 Å². The Hall–Kier alpha value is -1.10. The van der Waals surface area contributed by atoms with E-state index >= 15 is 0 Å². The van der Waals surface area contributed by atoms with Crippen LogP contribution >= 0.6 is 0 Å². The van der Waals surface area contributed by atoms with Gasteiger partial charge in [-0.1, -0.05) is 0 Å². The monoisotopic (exact) mass is 185 g/mol. The van der Waals surface area contributed by atoms with Crippen LogP contribution in [0.1, 0.15) is 13.3 Å². The fourth-order valence-electron chi connectivity index (χ4n) is 1.82. The van der Waals surface area contributed by atoms with E-state index in [0.29, 0.717) is 6.42 Å². The Balaban J connectivity index is 2.16. The number of nitrogens with zero attached hydrogens (tertiary/aromatic N) is 1. The molecule has 2 aliphatic heterocycles. The maximum atomic E-state index is 11.3. The highest BCUT2D eigenvalue weighted by atomic mass is 16.6. The fraction of sp³-hybridized carbons (Fsp3) is 0.750. The molecule has 0 aromatic rings. The number of β-lactam (4-membered cyclic amide) rings is 1. The van der Waals surface area contributed by atoms with Gasteiger partial charge in [0.25, 0.3) is 0 Å². The van der Waals surface area contributed by atoms with Crippen LogP contribution < -0.4 is 0 Å². The van der Waals surface area contributed by atoms with Gasteiger partial charge in [-0.2, -0.15) is 0 Å². The molecule has 0 spiro atoms. The largest absolute Gasteiger partial charge is 0.467 e. The summed E-state index contributed by atoms with van der Waals surface area (Å²) in [6.07, 6.45) is -0.0758. The van der Waals surface area contributed by atoms with Crippen molar-refractivity contribution in [1.82, 2.24) is 4.90 Å². The predicted octanol–water partition coefficient (Wildman–Crippen LogP) is -0.495. The molecule has 0 bridgehead atoms. The lowest BCUT2D eigenvalue weighted by atomic mass is 10.1. The third kappa shape index (κ3) is 1.03. The molecule has 13 heavy (non-hydrogen) atoms. The van der Waals surface area contributed by atoms with Crippen molar-refractivity contribution in [3.8, 4) is 0 Å². The summed E-state index contributed by atoms with van der Waals surface area (Å²) in [6, 6.07) is -0.545. The SMILES string of the molecule is COC(=O)C1C(C)OC2CC(=O)N21. The second-order valence-electron chi connectivity index (χ2n) is 3.27. The molecule has 2 rings (SSSR count). The molecular weight excluding hydrogens is 174 g/mol. The van der Waals surface area contributed by atoms with Gasteiger partial charge in [0, 0.05) is 0 Å².